The fourth-order valence-electron chi connectivity index (χ4n) is 4.18. The van der Waals surface area contributed by atoms with Crippen molar-refractivity contribution in [2.24, 2.45) is 0 Å². The molecule has 2 N–H and O–H groups in total. The Labute approximate surface area is 254 Å². The lowest BCUT2D eigenvalue weighted by atomic mass is 10.0. The topological polar surface area (TPSA) is 111 Å². The predicted molar refractivity (Wildman–Crippen MR) is 162 cm³/mol. The number of hydrogen-bond acceptors (Lipinski definition) is 8. The van der Waals surface area contributed by atoms with Crippen molar-refractivity contribution >= 4 is 56.4 Å². The van der Waals surface area contributed by atoms with Crippen molar-refractivity contribution in [3.63, 3.8) is 0 Å². The van der Waals surface area contributed by atoms with Crippen LogP contribution < -0.4 is 10.6 Å². The lowest BCUT2D eigenvalue weighted by molar-refractivity contribution is -0.117. The van der Waals surface area contributed by atoms with E-state index in [4.69, 9.17) is 9.47 Å². The van der Waals surface area contributed by atoms with E-state index in [2.05, 4.69) is 10.6 Å². The third-order valence-electron chi connectivity index (χ3n) is 6.17. The van der Waals surface area contributed by atoms with Crippen molar-refractivity contribution in [1.82, 2.24) is 0 Å². The first kappa shape index (κ1) is 31.5. The fourth-order valence-corrected chi connectivity index (χ4v) is 6.13. The van der Waals surface area contributed by atoms with Crippen LogP contribution in [0.1, 0.15) is 53.8 Å². The SMILES string of the molecule is CCOC(=O)c1c(-c2ccc(F)cc2)csc1NC(=O)CCCC(=O)Nc1scc(-c2ccc(F)cc2)c1C(=O)OCC. The molecule has 0 unspecified atom stereocenters. The molecule has 0 bridgehead atoms. The summed E-state index contributed by atoms with van der Waals surface area (Å²) in [7, 11) is 0. The Morgan fingerprint density at radius 1 is 0.651 bits per heavy atom. The molecule has 0 saturated carbocycles. The number of halogens is 2. The number of carbonyl (C=O) groups excluding carboxylic acids is 4. The Balaban J connectivity index is 1.40. The van der Waals surface area contributed by atoms with Gasteiger partial charge in [0.25, 0.3) is 0 Å². The summed E-state index contributed by atoms with van der Waals surface area (Å²) >= 11 is 2.28. The van der Waals surface area contributed by atoms with Gasteiger partial charge in [-0.1, -0.05) is 24.3 Å². The smallest absolute Gasteiger partial charge is 0.341 e. The zero-order valence-corrected chi connectivity index (χ0v) is 25.0. The Hall–Kier alpha value is -4.42. The minimum absolute atomic E-state index is 0.0184. The molecule has 2 aromatic carbocycles. The zero-order chi connectivity index (χ0) is 30.9. The van der Waals surface area contributed by atoms with Crippen molar-refractivity contribution < 1.29 is 37.4 Å². The first-order valence-corrected chi connectivity index (χ1v) is 15.2. The average Bonchev–Trinajstić information content (AvgIpc) is 3.58. The Bertz CT molecular complexity index is 1490. The molecule has 0 spiro atoms. The van der Waals surface area contributed by atoms with Gasteiger partial charge in [0.2, 0.25) is 11.8 Å². The maximum atomic E-state index is 13.4. The number of hydrogen-bond donors (Lipinski definition) is 2. The summed E-state index contributed by atoms with van der Waals surface area (Å²) in [5, 5.41) is 9.40. The van der Waals surface area contributed by atoms with Crippen LogP contribution in [0.25, 0.3) is 22.3 Å². The highest BCUT2D eigenvalue weighted by Crippen LogP contribution is 2.38. The number of ether oxygens (including phenoxy) is 2. The summed E-state index contributed by atoms with van der Waals surface area (Å²) in [5.41, 5.74) is 2.54. The lowest BCUT2D eigenvalue weighted by Gasteiger charge is -2.10. The summed E-state index contributed by atoms with van der Waals surface area (Å²) in [4.78, 5) is 51.0. The van der Waals surface area contributed by atoms with Crippen LogP contribution in [0.2, 0.25) is 0 Å². The number of esters is 2. The molecule has 4 aromatic rings. The standard InChI is InChI=1S/C31H28F2N2O6S2/c1-3-40-30(38)26-22(18-8-12-20(32)13-9-18)16-42-28(26)34-24(36)6-5-7-25(37)35-29-27(31(39)41-4-2)23(17-43-29)19-10-14-21(33)15-11-19/h8-17H,3-7H2,1-2H3,(H,34,36)(H,35,37). The van der Waals surface area contributed by atoms with Crippen molar-refractivity contribution in [3.05, 3.63) is 82.1 Å². The maximum absolute atomic E-state index is 13.4. The number of carbonyl (C=O) groups is 4. The number of amides is 2. The molecule has 0 aliphatic heterocycles. The Morgan fingerprint density at radius 2 is 1.02 bits per heavy atom. The Kier molecular flexibility index (Phi) is 10.7. The van der Waals surface area contributed by atoms with Gasteiger partial charge in [-0.2, -0.15) is 0 Å². The molecule has 8 nitrogen and oxygen atoms in total. The third kappa shape index (κ3) is 7.90. The number of rotatable bonds is 12. The zero-order valence-electron chi connectivity index (χ0n) is 23.3. The molecular formula is C31H28F2N2O6S2. The van der Waals surface area contributed by atoms with E-state index in [9.17, 15) is 28.0 Å². The number of nitrogens with one attached hydrogen (secondary N) is 2. The van der Waals surface area contributed by atoms with Gasteiger partial charge in [-0.3, -0.25) is 9.59 Å². The van der Waals surface area contributed by atoms with Gasteiger partial charge in [-0.15, -0.1) is 22.7 Å². The van der Waals surface area contributed by atoms with Crippen molar-refractivity contribution in [1.29, 1.82) is 0 Å². The second-order valence-electron chi connectivity index (χ2n) is 9.11. The summed E-state index contributed by atoms with van der Waals surface area (Å²) in [5.74, 6) is -2.89. The summed E-state index contributed by atoms with van der Waals surface area (Å²) in [6, 6.07) is 11.3. The van der Waals surface area contributed by atoms with Gasteiger partial charge in [0.05, 0.1) is 13.2 Å². The van der Waals surface area contributed by atoms with Crippen LogP contribution in [0.5, 0.6) is 0 Å². The van der Waals surface area contributed by atoms with E-state index in [0.29, 0.717) is 32.3 Å². The van der Waals surface area contributed by atoms with Crippen molar-refractivity contribution in [2.75, 3.05) is 23.8 Å². The van der Waals surface area contributed by atoms with E-state index in [1.54, 1.807) is 24.6 Å². The van der Waals surface area contributed by atoms with E-state index in [1.165, 1.54) is 48.5 Å². The Morgan fingerprint density at radius 3 is 1.37 bits per heavy atom. The largest absolute Gasteiger partial charge is 0.462 e. The summed E-state index contributed by atoms with van der Waals surface area (Å²) in [6.45, 7) is 3.60. The van der Waals surface area contributed by atoms with E-state index in [1.807, 2.05) is 0 Å². The molecule has 0 aliphatic rings. The lowest BCUT2D eigenvalue weighted by Crippen LogP contribution is -2.17. The second-order valence-corrected chi connectivity index (χ2v) is 10.9. The molecule has 12 heteroatoms. The van der Waals surface area contributed by atoms with Crippen molar-refractivity contribution in [2.45, 2.75) is 33.1 Å². The predicted octanol–water partition coefficient (Wildman–Crippen LogP) is 7.52. The molecule has 2 aromatic heterocycles. The number of thiophene rings is 2. The molecule has 0 aliphatic carbocycles. The first-order chi connectivity index (χ1) is 20.7. The third-order valence-corrected chi connectivity index (χ3v) is 7.96. The highest BCUT2D eigenvalue weighted by molar-refractivity contribution is 7.15. The number of anilines is 2. The van der Waals surface area contributed by atoms with E-state index < -0.39 is 35.4 Å². The minimum atomic E-state index is -0.619. The maximum Gasteiger partial charge on any atom is 0.341 e. The minimum Gasteiger partial charge on any atom is -0.462 e. The summed E-state index contributed by atoms with van der Waals surface area (Å²) in [6.07, 6.45) is 0.151. The van der Waals surface area contributed by atoms with Crippen molar-refractivity contribution in [3.8, 4) is 22.3 Å². The van der Waals surface area contributed by atoms with Gasteiger partial charge in [0.15, 0.2) is 0 Å². The van der Waals surface area contributed by atoms with Crippen LogP contribution in [0, 0.1) is 11.6 Å². The number of benzene rings is 2. The van der Waals surface area contributed by atoms with Crippen LogP contribution in [-0.4, -0.2) is 37.0 Å². The van der Waals surface area contributed by atoms with Gasteiger partial charge in [0.1, 0.15) is 32.8 Å². The van der Waals surface area contributed by atoms with Gasteiger partial charge in [-0.05, 0) is 55.7 Å². The van der Waals surface area contributed by atoms with Crippen LogP contribution >= 0.6 is 22.7 Å². The normalized spacial score (nSPS) is 10.7. The second kappa shape index (κ2) is 14.7. The monoisotopic (exact) mass is 626 g/mol. The van der Waals surface area contributed by atoms with Crippen LogP contribution in [0.3, 0.4) is 0 Å². The van der Waals surface area contributed by atoms with E-state index >= 15 is 0 Å². The molecule has 0 fully saturated rings. The van der Waals surface area contributed by atoms with E-state index in [-0.39, 0.29) is 43.6 Å². The fraction of sp³-hybridized carbons (Fsp3) is 0.226. The molecule has 224 valence electrons. The molecule has 0 radical (unpaired) electrons. The molecule has 0 atom stereocenters. The van der Waals surface area contributed by atoms with Gasteiger partial charge >= 0.3 is 11.9 Å². The van der Waals surface area contributed by atoms with Crippen LogP contribution in [0.15, 0.2) is 59.3 Å². The molecule has 4 rings (SSSR count). The summed E-state index contributed by atoms with van der Waals surface area (Å²) < 4.78 is 37.2. The molecule has 2 amide bonds. The molecule has 0 saturated heterocycles. The van der Waals surface area contributed by atoms with E-state index in [0.717, 1.165) is 22.7 Å². The van der Waals surface area contributed by atoms with Gasteiger partial charge in [-0.25, -0.2) is 18.4 Å². The first-order valence-electron chi connectivity index (χ1n) is 13.4. The quantitative estimate of drug-likeness (QED) is 0.157. The van der Waals surface area contributed by atoms with Gasteiger partial charge in [0, 0.05) is 34.7 Å². The van der Waals surface area contributed by atoms with Crippen LogP contribution in [-0.2, 0) is 19.1 Å². The highest BCUT2D eigenvalue weighted by atomic mass is 32.1. The molecular weight excluding hydrogens is 598 g/mol. The molecule has 43 heavy (non-hydrogen) atoms. The average molecular weight is 627 g/mol. The highest BCUT2D eigenvalue weighted by Gasteiger charge is 2.24. The van der Waals surface area contributed by atoms with Crippen LogP contribution in [0.4, 0.5) is 18.8 Å². The molecule has 2 heterocycles. The van der Waals surface area contributed by atoms with Gasteiger partial charge < -0.3 is 20.1 Å².